The van der Waals surface area contributed by atoms with Crippen molar-refractivity contribution in [2.24, 2.45) is 0 Å². The van der Waals surface area contributed by atoms with Crippen molar-refractivity contribution in [1.29, 1.82) is 0 Å². The summed E-state index contributed by atoms with van der Waals surface area (Å²) in [6.07, 6.45) is 0. The summed E-state index contributed by atoms with van der Waals surface area (Å²) in [4.78, 5) is 0. The van der Waals surface area contributed by atoms with Crippen LogP contribution in [0.2, 0.25) is 0 Å². The predicted octanol–water partition coefficient (Wildman–Crippen LogP) is 4.50. The summed E-state index contributed by atoms with van der Waals surface area (Å²) >= 11 is 1.75. The Morgan fingerprint density at radius 3 is 2.50 bits per heavy atom. The highest BCUT2D eigenvalue weighted by Crippen LogP contribution is 2.34. The van der Waals surface area contributed by atoms with Crippen LogP contribution in [0, 0.1) is 17.5 Å². The van der Waals surface area contributed by atoms with Crippen molar-refractivity contribution in [3.8, 4) is 0 Å². The fourth-order valence-corrected chi connectivity index (χ4v) is 3.44. The molecule has 5 heteroatoms. The van der Waals surface area contributed by atoms with E-state index in [-0.39, 0.29) is 11.7 Å². The topological polar surface area (TPSA) is 12.0 Å². The van der Waals surface area contributed by atoms with Crippen LogP contribution in [-0.2, 0) is 5.75 Å². The molecular weight excluding hydrogens is 283 g/mol. The third kappa shape index (κ3) is 2.50. The first-order valence-electron chi connectivity index (χ1n) is 6.22. The second-order valence-electron chi connectivity index (χ2n) is 4.66. The second-order valence-corrected chi connectivity index (χ2v) is 5.69. The zero-order chi connectivity index (χ0) is 14.1. The molecule has 2 aromatic rings. The molecule has 1 atom stereocenters. The number of halogens is 3. The van der Waals surface area contributed by atoms with Gasteiger partial charge >= 0.3 is 0 Å². The lowest BCUT2D eigenvalue weighted by Crippen LogP contribution is -2.19. The molecule has 2 aromatic carbocycles. The SMILES string of the molecule is Fc1cc(NC2CSCc3ccccc32)cc(F)c1F. The fourth-order valence-electron chi connectivity index (χ4n) is 2.34. The minimum atomic E-state index is -1.44. The van der Waals surface area contributed by atoms with Gasteiger partial charge in [-0.2, -0.15) is 11.8 Å². The highest BCUT2D eigenvalue weighted by molar-refractivity contribution is 7.98. The number of nitrogens with one attached hydrogen (secondary N) is 1. The zero-order valence-corrected chi connectivity index (χ0v) is 11.3. The van der Waals surface area contributed by atoms with Crippen LogP contribution in [0.5, 0.6) is 0 Å². The van der Waals surface area contributed by atoms with Crippen LogP contribution < -0.4 is 5.32 Å². The zero-order valence-electron chi connectivity index (χ0n) is 10.5. The van der Waals surface area contributed by atoms with E-state index in [4.69, 9.17) is 0 Å². The van der Waals surface area contributed by atoms with Crippen LogP contribution in [0.25, 0.3) is 0 Å². The third-order valence-electron chi connectivity index (χ3n) is 3.30. The molecular formula is C15H12F3NS. The number of hydrogen-bond acceptors (Lipinski definition) is 2. The molecule has 104 valence electrons. The average molecular weight is 295 g/mol. The first kappa shape index (κ1) is 13.4. The number of rotatable bonds is 2. The second kappa shape index (κ2) is 5.40. The van der Waals surface area contributed by atoms with Gasteiger partial charge in [-0.1, -0.05) is 24.3 Å². The van der Waals surface area contributed by atoms with E-state index in [1.807, 2.05) is 24.3 Å². The van der Waals surface area contributed by atoms with Gasteiger partial charge in [0.2, 0.25) is 0 Å². The molecule has 0 spiro atoms. The molecule has 0 fully saturated rings. The molecule has 3 rings (SSSR count). The summed E-state index contributed by atoms with van der Waals surface area (Å²) in [5, 5.41) is 3.08. The van der Waals surface area contributed by atoms with Gasteiger partial charge in [0.15, 0.2) is 17.5 Å². The Morgan fingerprint density at radius 1 is 1.05 bits per heavy atom. The Morgan fingerprint density at radius 2 is 1.75 bits per heavy atom. The highest BCUT2D eigenvalue weighted by atomic mass is 32.2. The standard InChI is InChI=1S/C15H12F3NS/c16-12-5-10(6-13(17)15(12)18)19-14-8-20-7-9-3-1-2-4-11(9)14/h1-6,14,19H,7-8H2. The number of hydrogen-bond donors (Lipinski definition) is 1. The fraction of sp³-hybridized carbons (Fsp3) is 0.200. The van der Waals surface area contributed by atoms with Gasteiger partial charge in [-0.15, -0.1) is 0 Å². The van der Waals surface area contributed by atoms with E-state index in [0.717, 1.165) is 29.2 Å². The Bertz CT molecular complexity index is 622. The lowest BCUT2D eigenvalue weighted by atomic mass is 10.0. The smallest absolute Gasteiger partial charge is 0.194 e. The van der Waals surface area contributed by atoms with E-state index in [1.54, 1.807) is 11.8 Å². The summed E-state index contributed by atoms with van der Waals surface area (Å²) < 4.78 is 39.4. The first-order valence-corrected chi connectivity index (χ1v) is 7.37. The van der Waals surface area contributed by atoms with Crippen molar-refractivity contribution in [3.63, 3.8) is 0 Å². The summed E-state index contributed by atoms with van der Waals surface area (Å²) in [6.45, 7) is 0. The van der Waals surface area contributed by atoms with Crippen LogP contribution in [0.4, 0.5) is 18.9 Å². The molecule has 1 unspecified atom stereocenters. The molecule has 0 aliphatic carbocycles. The molecule has 0 aromatic heterocycles. The van der Waals surface area contributed by atoms with E-state index in [1.165, 1.54) is 5.56 Å². The minimum Gasteiger partial charge on any atom is -0.377 e. The van der Waals surface area contributed by atoms with Crippen molar-refractivity contribution < 1.29 is 13.2 Å². The first-order chi connectivity index (χ1) is 9.65. The average Bonchev–Trinajstić information content (AvgIpc) is 2.45. The van der Waals surface area contributed by atoms with Crippen LogP contribution in [0.15, 0.2) is 36.4 Å². The van der Waals surface area contributed by atoms with Gasteiger partial charge in [-0.05, 0) is 11.1 Å². The van der Waals surface area contributed by atoms with Crippen molar-refractivity contribution in [2.45, 2.75) is 11.8 Å². The quantitative estimate of drug-likeness (QED) is 0.818. The van der Waals surface area contributed by atoms with Gasteiger partial charge in [0, 0.05) is 29.3 Å². The molecule has 20 heavy (non-hydrogen) atoms. The maximum absolute atomic E-state index is 13.2. The molecule has 0 saturated heterocycles. The third-order valence-corrected chi connectivity index (χ3v) is 4.38. The van der Waals surface area contributed by atoms with Crippen molar-refractivity contribution >= 4 is 17.4 Å². The van der Waals surface area contributed by atoms with E-state index in [0.29, 0.717) is 0 Å². The number of benzene rings is 2. The Kier molecular flexibility index (Phi) is 3.61. The number of anilines is 1. The molecule has 0 radical (unpaired) electrons. The summed E-state index contributed by atoms with van der Waals surface area (Å²) in [7, 11) is 0. The molecule has 1 aliphatic rings. The van der Waals surface area contributed by atoms with Gasteiger partial charge in [0.1, 0.15) is 0 Å². The van der Waals surface area contributed by atoms with Gasteiger partial charge in [0.25, 0.3) is 0 Å². The Balaban J connectivity index is 1.89. The largest absolute Gasteiger partial charge is 0.377 e. The van der Waals surface area contributed by atoms with Crippen LogP contribution in [-0.4, -0.2) is 5.75 Å². The molecule has 1 heterocycles. The van der Waals surface area contributed by atoms with Crippen LogP contribution >= 0.6 is 11.8 Å². The Hall–Kier alpha value is -1.62. The maximum atomic E-state index is 13.2. The monoisotopic (exact) mass is 295 g/mol. The molecule has 1 aliphatic heterocycles. The number of fused-ring (bicyclic) bond motifs is 1. The van der Waals surface area contributed by atoms with Gasteiger partial charge in [-0.3, -0.25) is 0 Å². The minimum absolute atomic E-state index is 0.0331. The highest BCUT2D eigenvalue weighted by Gasteiger charge is 2.21. The van der Waals surface area contributed by atoms with Crippen molar-refractivity contribution in [3.05, 3.63) is 65.0 Å². The molecule has 0 bridgehead atoms. The summed E-state index contributed by atoms with van der Waals surface area (Å²) in [5.41, 5.74) is 2.59. The van der Waals surface area contributed by atoms with Crippen LogP contribution in [0.3, 0.4) is 0 Å². The van der Waals surface area contributed by atoms with Crippen molar-refractivity contribution in [2.75, 3.05) is 11.1 Å². The number of thioether (sulfide) groups is 1. The van der Waals surface area contributed by atoms with E-state index in [2.05, 4.69) is 5.32 Å². The summed E-state index contributed by atoms with van der Waals surface area (Å²) in [6, 6.07) is 9.90. The van der Waals surface area contributed by atoms with Gasteiger partial charge in [0.05, 0.1) is 6.04 Å². The summed E-state index contributed by atoms with van der Waals surface area (Å²) in [5.74, 6) is -2.06. The Labute approximate surface area is 119 Å². The lowest BCUT2D eigenvalue weighted by molar-refractivity contribution is 0.447. The van der Waals surface area contributed by atoms with E-state index < -0.39 is 17.5 Å². The lowest BCUT2D eigenvalue weighted by Gasteiger charge is -2.27. The van der Waals surface area contributed by atoms with Gasteiger partial charge in [-0.25, -0.2) is 13.2 Å². The molecule has 0 amide bonds. The molecule has 0 saturated carbocycles. The van der Waals surface area contributed by atoms with Gasteiger partial charge < -0.3 is 5.32 Å². The normalized spacial score (nSPS) is 17.6. The van der Waals surface area contributed by atoms with Crippen molar-refractivity contribution in [1.82, 2.24) is 0 Å². The van der Waals surface area contributed by atoms with E-state index in [9.17, 15) is 13.2 Å². The maximum Gasteiger partial charge on any atom is 0.194 e. The molecule has 1 nitrogen and oxygen atoms in total. The van der Waals surface area contributed by atoms with Crippen LogP contribution in [0.1, 0.15) is 17.2 Å². The van der Waals surface area contributed by atoms with E-state index >= 15 is 0 Å². The molecule has 1 N–H and O–H groups in total. The predicted molar refractivity (Wildman–Crippen MR) is 75.3 cm³/mol.